The highest BCUT2D eigenvalue weighted by molar-refractivity contribution is 8.01. The predicted molar refractivity (Wildman–Crippen MR) is 87.3 cm³/mol. The number of benzene rings is 1. The van der Waals surface area contributed by atoms with E-state index in [-0.39, 0.29) is 0 Å². The molecule has 0 aliphatic heterocycles. The first-order valence-corrected chi connectivity index (χ1v) is 8.67. The zero-order valence-corrected chi connectivity index (χ0v) is 13.8. The van der Waals surface area contributed by atoms with Crippen molar-refractivity contribution in [1.82, 2.24) is 14.6 Å². The van der Waals surface area contributed by atoms with Crippen molar-refractivity contribution in [2.45, 2.75) is 17.7 Å². The number of nitrogens with zero attached hydrogens (tertiary/aromatic N) is 3. The van der Waals surface area contributed by atoms with Gasteiger partial charge in [0.05, 0.1) is 21.9 Å². The average molecular weight is 344 g/mol. The van der Waals surface area contributed by atoms with Gasteiger partial charge in [0.25, 0.3) is 0 Å². The summed E-state index contributed by atoms with van der Waals surface area (Å²) < 4.78 is 2.87. The van der Waals surface area contributed by atoms with E-state index in [2.05, 4.69) is 17.0 Å². The molecule has 0 aliphatic carbocycles. The van der Waals surface area contributed by atoms with Gasteiger partial charge in [-0.1, -0.05) is 59.3 Å². The molecular formula is C13H11Cl2N3S2. The Morgan fingerprint density at radius 3 is 2.85 bits per heavy atom. The first kappa shape index (κ1) is 14.2. The van der Waals surface area contributed by atoms with Crippen molar-refractivity contribution < 1.29 is 0 Å². The third kappa shape index (κ3) is 2.81. The number of thioether (sulfide) groups is 1. The van der Waals surface area contributed by atoms with Crippen LogP contribution >= 0.6 is 46.3 Å². The van der Waals surface area contributed by atoms with Gasteiger partial charge in [0.1, 0.15) is 0 Å². The maximum atomic E-state index is 6.04. The highest BCUT2D eigenvalue weighted by Gasteiger charge is 2.10. The topological polar surface area (TPSA) is 30.2 Å². The number of fused-ring (bicyclic) bond motifs is 1. The first-order chi connectivity index (χ1) is 9.67. The Labute approximate surface area is 134 Å². The van der Waals surface area contributed by atoms with Crippen LogP contribution in [0.3, 0.4) is 0 Å². The van der Waals surface area contributed by atoms with Gasteiger partial charge in [0.15, 0.2) is 4.34 Å². The van der Waals surface area contributed by atoms with Gasteiger partial charge in [-0.15, -0.1) is 5.10 Å². The Kier molecular flexibility index (Phi) is 4.21. The Balaban J connectivity index is 1.92. The second-order valence-corrected chi connectivity index (χ2v) is 7.31. The quantitative estimate of drug-likeness (QED) is 0.604. The van der Waals surface area contributed by atoms with Crippen LogP contribution in [-0.4, -0.2) is 20.4 Å². The van der Waals surface area contributed by atoms with Crippen molar-refractivity contribution in [3.05, 3.63) is 34.4 Å². The fourth-order valence-corrected chi connectivity index (χ4v) is 3.87. The SMILES string of the molecule is CCCSc1nn2cc(-c3ccc(Cl)c(Cl)c3)nc2s1. The summed E-state index contributed by atoms with van der Waals surface area (Å²) in [5, 5.41) is 5.60. The molecule has 0 spiro atoms. The molecule has 20 heavy (non-hydrogen) atoms. The fourth-order valence-electron chi connectivity index (χ4n) is 1.72. The Morgan fingerprint density at radius 1 is 1.30 bits per heavy atom. The van der Waals surface area contributed by atoms with Crippen molar-refractivity contribution in [2.75, 3.05) is 5.75 Å². The molecule has 0 saturated carbocycles. The zero-order valence-electron chi connectivity index (χ0n) is 10.6. The first-order valence-electron chi connectivity index (χ1n) is 6.12. The summed E-state index contributed by atoms with van der Waals surface area (Å²) in [5.41, 5.74) is 1.80. The van der Waals surface area contributed by atoms with Gasteiger partial charge in [-0.25, -0.2) is 9.50 Å². The van der Waals surface area contributed by atoms with Crippen LogP contribution < -0.4 is 0 Å². The van der Waals surface area contributed by atoms with Crippen LogP contribution in [0.2, 0.25) is 10.0 Å². The van der Waals surface area contributed by atoms with Crippen molar-refractivity contribution in [1.29, 1.82) is 0 Å². The normalized spacial score (nSPS) is 11.3. The number of rotatable bonds is 4. The molecule has 0 saturated heterocycles. The number of halogens is 2. The molecule has 3 aromatic rings. The maximum absolute atomic E-state index is 6.04. The van der Waals surface area contributed by atoms with Gasteiger partial charge in [-0.3, -0.25) is 0 Å². The van der Waals surface area contributed by atoms with Crippen LogP contribution in [0.25, 0.3) is 16.2 Å². The van der Waals surface area contributed by atoms with E-state index in [1.165, 1.54) is 0 Å². The minimum atomic E-state index is 0.535. The Bertz CT molecular complexity index is 720. The van der Waals surface area contributed by atoms with E-state index in [1.54, 1.807) is 29.2 Å². The van der Waals surface area contributed by atoms with Gasteiger partial charge < -0.3 is 0 Å². The van der Waals surface area contributed by atoms with Gasteiger partial charge in [-0.05, 0) is 18.6 Å². The smallest absolute Gasteiger partial charge is 0.213 e. The lowest BCUT2D eigenvalue weighted by Gasteiger charge is -1.99. The molecule has 3 nitrogen and oxygen atoms in total. The van der Waals surface area contributed by atoms with E-state index >= 15 is 0 Å². The largest absolute Gasteiger partial charge is 0.217 e. The van der Waals surface area contributed by atoms with Crippen molar-refractivity contribution in [3.63, 3.8) is 0 Å². The molecular weight excluding hydrogens is 333 g/mol. The number of hydrogen-bond donors (Lipinski definition) is 0. The second-order valence-electron chi connectivity index (χ2n) is 4.20. The summed E-state index contributed by atoms with van der Waals surface area (Å²) in [5.74, 6) is 1.08. The standard InChI is InChI=1S/C13H11Cl2N3S2/c1-2-5-19-13-17-18-7-11(16-12(18)20-13)8-3-4-9(14)10(15)6-8/h3-4,6-7H,2,5H2,1H3. The molecule has 0 bridgehead atoms. The van der Waals surface area contributed by atoms with Crippen LogP contribution in [0.1, 0.15) is 13.3 Å². The molecule has 3 rings (SSSR count). The number of imidazole rings is 1. The second kappa shape index (κ2) is 5.93. The van der Waals surface area contributed by atoms with Gasteiger partial charge in [0.2, 0.25) is 4.96 Å². The molecule has 0 amide bonds. The van der Waals surface area contributed by atoms with Gasteiger partial charge in [0, 0.05) is 11.3 Å². The summed E-state index contributed by atoms with van der Waals surface area (Å²) in [4.78, 5) is 5.48. The van der Waals surface area contributed by atoms with Crippen LogP contribution in [-0.2, 0) is 0 Å². The lowest BCUT2D eigenvalue weighted by Crippen LogP contribution is -1.82. The molecule has 1 aromatic carbocycles. The van der Waals surface area contributed by atoms with Crippen LogP contribution in [0.15, 0.2) is 28.7 Å². The van der Waals surface area contributed by atoms with E-state index in [4.69, 9.17) is 23.2 Å². The third-order valence-corrected chi connectivity index (χ3v) is 5.67. The molecule has 0 aliphatic rings. The van der Waals surface area contributed by atoms with Crippen LogP contribution in [0.5, 0.6) is 0 Å². The van der Waals surface area contributed by atoms with Gasteiger partial charge in [-0.2, -0.15) is 0 Å². The molecule has 2 heterocycles. The molecule has 0 N–H and O–H groups in total. The summed E-state index contributed by atoms with van der Waals surface area (Å²) in [6, 6.07) is 5.51. The van der Waals surface area contributed by atoms with Crippen LogP contribution in [0, 0.1) is 0 Å². The predicted octanol–water partition coefficient (Wildman–Crippen LogP) is 5.27. The summed E-state index contributed by atoms with van der Waals surface area (Å²) in [6.07, 6.45) is 3.06. The van der Waals surface area contributed by atoms with Gasteiger partial charge >= 0.3 is 0 Å². The molecule has 0 radical (unpaired) electrons. The molecule has 0 atom stereocenters. The minimum absolute atomic E-state index is 0.535. The number of aromatic nitrogens is 3. The number of hydrogen-bond acceptors (Lipinski definition) is 4. The van der Waals surface area contributed by atoms with E-state index < -0.39 is 0 Å². The minimum Gasteiger partial charge on any atom is -0.217 e. The summed E-state index contributed by atoms with van der Waals surface area (Å²) >= 11 is 15.3. The lowest BCUT2D eigenvalue weighted by atomic mass is 10.2. The molecule has 0 unspecified atom stereocenters. The average Bonchev–Trinajstić information content (AvgIpc) is 2.97. The summed E-state index contributed by atoms with van der Waals surface area (Å²) in [6.45, 7) is 2.16. The highest BCUT2D eigenvalue weighted by Crippen LogP contribution is 2.30. The van der Waals surface area contributed by atoms with E-state index in [0.29, 0.717) is 10.0 Å². The lowest BCUT2D eigenvalue weighted by molar-refractivity contribution is 0.914. The van der Waals surface area contributed by atoms with E-state index in [9.17, 15) is 0 Å². The van der Waals surface area contributed by atoms with Crippen molar-refractivity contribution >= 4 is 51.3 Å². The molecule has 0 fully saturated rings. The van der Waals surface area contributed by atoms with Crippen molar-refractivity contribution in [2.24, 2.45) is 0 Å². The monoisotopic (exact) mass is 343 g/mol. The van der Waals surface area contributed by atoms with Crippen molar-refractivity contribution in [3.8, 4) is 11.3 Å². The third-order valence-electron chi connectivity index (χ3n) is 2.67. The maximum Gasteiger partial charge on any atom is 0.213 e. The Morgan fingerprint density at radius 2 is 2.15 bits per heavy atom. The van der Waals surface area contributed by atoms with E-state index in [0.717, 1.165) is 32.7 Å². The molecule has 7 heteroatoms. The van der Waals surface area contributed by atoms with E-state index in [1.807, 2.05) is 22.8 Å². The summed E-state index contributed by atoms with van der Waals surface area (Å²) in [7, 11) is 0. The molecule has 2 aromatic heterocycles. The Hall–Kier alpha value is -0.750. The molecule has 104 valence electrons. The zero-order chi connectivity index (χ0) is 14.1. The fraction of sp³-hybridized carbons (Fsp3) is 0.231. The van der Waals surface area contributed by atoms with Crippen LogP contribution in [0.4, 0.5) is 0 Å². The highest BCUT2D eigenvalue weighted by atomic mass is 35.5.